The van der Waals surface area contributed by atoms with Crippen molar-refractivity contribution in [3.63, 3.8) is 0 Å². The Hall–Kier alpha value is -3.08. The van der Waals surface area contributed by atoms with E-state index in [1.165, 1.54) is 25.4 Å². The van der Waals surface area contributed by atoms with Crippen molar-refractivity contribution in [2.45, 2.75) is 12.7 Å². The number of anilines is 1. The first-order valence-electron chi connectivity index (χ1n) is 7.73. The van der Waals surface area contributed by atoms with Gasteiger partial charge < -0.3 is 10.7 Å². The highest BCUT2D eigenvalue weighted by molar-refractivity contribution is 6.28. The molecule has 0 spiro atoms. The molecule has 0 fully saturated rings. The van der Waals surface area contributed by atoms with Crippen molar-refractivity contribution in [1.29, 1.82) is 5.41 Å². The van der Waals surface area contributed by atoms with Gasteiger partial charge in [-0.1, -0.05) is 6.07 Å². The number of alkyl halides is 3. The quantitative estimate of drug-likeness (QED) is 0.378. The predicted molar refractivity (Wildman–Crippen MR) is 93.7 cm³/mol. The van der Waals surface area contributed by atoms with Crippen LogP contribution in [0, 0.1) is 11.2 Å². The van der Waals surface area contributed by atoms with Gasteiger partial charge >= 0.3 is 6.18 Å². The number of rotatable bonds is 5. The summed E-state index contributed by atoms with van der Waals surface area (Å²) in [6.07, 6.45) is -2.32. The molecule has 0 aliphatic carbocycles. The Labute approximate surface area is 160 Å². The van der Waals surface area contributed by atoms with Crippen molar-refractivity contribution in [1.82, 2.24) is 24.7 Å². The van der Waals surface area contributed by atoms with E-state index in [0.29, 0.717) is 16.9 Å². The zero-order chi connectivity index (χ0) is 20.5. The Balaban J connectivity index is 1.83. The number of aromatic nitrogens is 5. The van der Waals surface area contributed by atoms with Crippen LogP contribution in [0.1, 0.15) is 17.0 Å². The third kappa shape index (κ3) is 4.09. The van der Waals surface area contributed by atoms with Gasteiger partial charge in [-0.3, -0.25) is 0 Å². The molecule has 0 atom stereocenters. The van der Waals surface area contributed by atoms with E-state index in [0.717, 1.165) is 17.0 Å². The number of nitrogens with one attached hydrogen (secondary N) is 2. The fourth-order valence-corrected chi connectivity index (χ4v) is 2.52. The summed E-state index contributed by atoms with van der Waals surface area (Å²) in [5, 5.41) is 13.5. The smallest absolute Gasteiger partial charge is 0.365 e. The van der Waals surface area contributed by atoms with Crippen LogP contribution < -0.4 is 5.32 Å². The third-order valence-electron chi connectivity index (χ3n) is 3.69. The zero-order valence-electron chi connectivity index (χ0n) is 14.2. The van der Waals surface area contributed by atoms with Gasteiger partial charge in [-0.25, -0.2) is 24.0 Å². The molecular weight excluding hydrogens is 402 g/mol. The highest BCUT2D eigenvalue weighted by Gasteiger charge is 2.37. The van der Waals surface area contributed by atoms with Gasteiger partial charge in [-0.2, -0.15) is 13.2 Å². The Bertz CT molecular complexity index is 1030. The summed E-state index contributed by atoms with van der Waals surface area (Å²) in [7, 11) is 1.25. The number of halogens is 5. The molecular formula is C16H12ClF4N7. The van der Waals surface area contributed by atoms with E-state index in [1.807, 2.05) is 0 Å². The third-order valence-corrected chi connectivity index (χ3v) is 3.88. The molecule has 2 N–H and O–H groups in total. The van der Waals surface area contributed by atoms with Crippen LogP contribution in [0.2, 0.25) is 5.28 Å². The SMILES string of the molecule is Cn1nc(C(F)(F)F)nc1-c1ccc(CNc2nc(Cl)ncc2C=N)cc1F. The molecule has 146 valence electrons. The van der Waals surface area contributed by atoms with Crippen LogP contribution in [0.15, 0.2) is 24.4 Å². The van der Waals surface area contributed by atoms with Gasteiger partial charge in [0.2, 0.25) is 5.28 Å². The number of benzene rings is 1. The van der Waals surface area contributed by atoms with E-state index in [4.69, 9.17) is 17.0 Å². The molecule has 3 rings (SSSR count). The fourth-order valence-electron chi connectivity index (χ4n) is 2.39. The normalized spacial score (nSPS) is 11.5. The number of hydrogen-bond acceptors (Lipinski definition) is 6. The maximum absolute atomic E-state index is 14.5. The largest absolute Gasteiger partial charge is 0.453 e. The topological polar surface area (TPSA) is 92.4 Å². The summed E-state index contributed by atoms with van der Waals surface area (Å²) in [6, 6.07) is 4.01. The summed E-state index contributed by atoms with van der Waals surface area (Å²) < 4.78 is 53.6. The zero-order valence-corrected chi connectivity index (χ0v) is 15.0. The van der Waals surface area contributed by atoms with Gasteiger partial charge in [0.05, 0.1) is 11.1 Å². The maximum atomic E-state index is 14.5. The first-order valence-corrected chi connectivity index (χ1v) is 8.10. The fraction of sp³-hybridized carbons (Fsp3) is 0.188. The van der Waals surface area contributed by atoms with E-state index < -0.39 is 17.8 Å². The van der Waals surface area contributed by atoms with Crippen LogP contribution in [-0.4, -0.2) is 30.9 Å². The van der Waals surface area contributed by atoms with Gasteiger partial charge in [-0.05, 0) is 29.3 Å². The summed E-state index contributed by atoms with van der Waals surface area (Å²) in [4.78, 5) is 11.1. The van der Waals surface area contributed by atoms with Crippen molar-refractivity contribution in [3.05, 3.63) is 52.4 Å². The van der Waals surface area contributed by atoms with E-state index in [-0.39, 0.29) is 23.2 Å². The van der Waals surface area contributed by atoms with Crippen LogP contribution in [0.3, 0.4) is 0 Å². The molecule has 7 nitrogen and oxygen atoms in total. The van der Waals surface area contributed by atoms with Crippen LogP contribution in [-0.2, 0) is 19.8 Å². The Morgan fingerprint density at radius 1 is 1.29 bits per heavy atom. The lowest BCUT2D eigenvalue weighted by Gasteiger charge is -2.09. The first kappa shape index (κ1) is 19.7. The summed E-state index contributed by atoms with van der Waals surface area (Å²) >= 11 is 5.73. The average Bonchev–Trinajstić information content (AvgIpc) is 3.02. The molecule has 0 radical (unpaired) electrons. The second-order valence-electron chi connectivity index (χ2n) is 5.64. The van der Waals surface area contributed by atoms with Crippen LogP contribution in [0.25, 0.3) is 11.4 Å². The summed E-state index contributed by atoms with van der Waals surface area (Å²) in [6.45, 7) is 0.137. The van der Waals surface area contributed by atoms with Gasteiger partial charge in [-0.15, -0.1) is 5.10 Å². The Morgan fingerprint density at radius 2 is 2.04 bits per heavy atom. The molecule has 0 bridgehead atoms. The molecule has 3 aromatic rings. The minimum absolute atomic E-state index is 0.0163. The lowest BCUT2D eigenvalue weighted by molar-refractivity contribution is -0.144. The maximum Gasteiger partial charge on any atom is 0.453 e. The molecule has 0 saturated heterocycles. The van der Waals surface area contributed by atoms with Crippen LogP contribution in [0.5, 0.6) is 0 Å². The van der Waals surface area contributed by atoms with Crippen molar-refractivity contribution in [2.24, 2.45) is 7.05 Å². The minimum atomic E-state index is -4.72. The van der Waals surface area contributed by atoms with E-state index >= 15 is 0 Å². The summed E-state index contributed by atoms with van der Waals surface area (Å²) in [5.74, 6) is -2.04. The lowest BCUT2D eigenvalue weighted by atomic mass is 10.1. The molecule has 2 heterocycles. The molecule has 12 heteroatoms. The molecule has 0 aliphatic rings. The van der Waals surface area contributed by atoms with Crippen molar-refractivity contribution in [3.8, 4) is 11.4 Å². The van der Waals surface area contributed by atoms with Crippen molar-refractivity contribution < 1.29 is 17.6 Å². The first-order chi connectivity index (χ1) is 13.2. The highest BCUT2D eigenvalue weighted by Crippen LogP contribution is 2.29. The Morgan fingerprint density at radius 3 is 2.64 bits per heavy atom. The van der Waals surface area contributed by atoms with E-state index in [1.54, 1.807) is 0 Å². The average molecular weight is 414 g/mol. The van der Waals surface area contributed by atoms with Gasteiger partial charge in [0, 0.05) is 26.0 Å². The standard InChI is InChI=1S/C16H12ClF4N7/c1-28-13(26-14(27-28)16(19,20)21)10-3-2-8(4-11(10)18)6-23-12-9(5-22)7-24-15(17)25-12/h2-5,7,22H,6H2,1H3,(H,23,24,25). The molecule has 0 saturated carbocycles. The molecule has 2 aromatic heterocycles. The van der Waals surface area contributed by atoms with E-state index in [2.05, 4.69) is 25.4 Å². The number of nitrogens with zero attached hydrogens (tertiary/aromatic N) is 5. The predicted octanol–water partition coefficient (Wildman–Crippen LogP) is 3.69. The van der Waals surface area contributed by atoms with Gasteiger partial charge in [0.15, 0.2) is 5.82 Å². The molecule has 0 aliphatic heterocycles. The number of hydrogen-bond donors (Lipinski definition) is 2. The molecule has 28 heavy (non-hydrogen) atoms. The number of aryl methyl sites for hydroxylation is 1. The van der Waals surface area contributed by atoms with Crippen molar-refractivity contribution in [2.75, 3.05) is 5.32 Å². The van der Waals surface area contributed by atoms with Gasteiger partial charge in [0.1, 0.15) is 11.6 Å². The second kappa shape index (κ2) is 7.50. The van der Waals surface area contributed by atoms with Gasteiger partial charge in [0.25, 0.3) is 5.82 Å². The minimum Gasteiger partial charge on any atom is -0.365 e. The van der Waals surface area contributed by atoms with Crippen molar-refractivity contribution >= 4 is 23.6 Å². The van der Waals surface area contributed by atoms with Crippen LogP contribution >= 0.6 is 11.6 Å². The highest BCUT2D eigenvalue weighted by atomic mass is 35.5. The monoisotopic (exact) mass is 413 g/mol. The van der Waals surface area contributed by atoms with Crippen LogP contribution in [0.4, 0.5) is 23.4 Å². The lowest BCUT2D eigenvalue weighted by Crippen LogP contribution is -2.08. The molecule has 1 aromatic carbocycles. The Kier molecular flexibility index (Phi) is 5.27. The molecule has 0 unspecified atom stereocenters. The van der Waals surface area contributed by atoms with E-state index in [9.17, 15) is 17.6 Å². The second-order valence-corrected chi connectivity index (χ2v) is 5.97. The summed E-state index contributed by atoms with van der Waals surface area (Å²) in [5.41, 5.74) is 0.768. The molecule has 0 amide bonds.